The Hall–Kier alpha value is -3.50. The summed E-state index contributed by atoms with van der Waals surface area (Å²) in [6.07, 6.45) is 4.91. The molecule has 0 heterocycles. The molecule has 2 rings (SSSR count). The number of rotatable bonds is 10. The van der Waals surface area contributed by atoms with Gasteiger partial charge in [0, 0.05) is 34.5 Å². The molecule has 10 N–H and O–H groups in total. The van der Waals surface area contributed by atoms with Gasteiger partial charge in [0.1, 0.15) is 0 Å². The van der Waals surface area contributed by atoms with Gasteiger partial charge in [0.15, 0.2) is 0 Å². The molecule has 0 unspecified atom stereocenters. The van der Waals surface area contributed by atoms with Gasteiger partial charge in [-0.05, 0) is 61.4 Å². The van der Waals surface area contributed by atoms with Gasteiger partial charge in [-0.1, -0.05) is 42.5 Å². The van der Waals surface area contributed by atoms with Crippen molar-refractivity contribution in [3.05, 3.63) is 58.6 Å². The maximum atomic E-state index is 5.85. The normalized spacial score (nSPS) is 13.1. The van der Waals surface area contributed by atoms with Crippen molar-refractivity contribution >= 4 is 58.4 Å². The maximum Gasteiger partial charge on any atom is 0.218 e. The van der Waals surface area contributed by atoms with Gasteiger partial charge in [0.05, 0.1) is 0 Å². The van der Waals surface area contributed by atoms with Crippen LogP contribution in [0.4, 0.5) is 11.4 Å². The summed E-state index contributed by atoms with van der Waals surface area (Å²) in [6, 6.07) is 14.2. The highest BCUT2D eigenvalue weighted by molar-refractivity contribution is 6.31. The Labute approximate surface area is 215 Å². The number of guanidine groups is 4. The van der Waals surface area contributed by atoms with Crippen LogP contribution in [-0.2, 0) is 0 Å². The highest BCUT2D eigenvalue weighted by Gasteiger charge is 1.99. The zero-order chi connectivity index (χ0) is 25.5. The van der Waals surface area contributed by atoms with Crippen LogP contribution in [0.1, 0.15) is 32.1 Å². The SMILES string of the molecule is NC(=NCCCCCCCN=C(N)N=C(N)Nc1ccc(Cl)cc1)N=C(N)Nc1ccc(Cl)cc1. The second kappa shape index (κ2) is 15.4. The van der Waals surface area contributed by atoms with Gasteiger partial charge in [-0.2, -0.15) is 9.98 Å². The third kappa shape index (κ3) is 12.5. The molecule has 0 aromatic heterocycles. The number of anilines is 2. The lowest BCUT2D eigenvalue weighted by atomic mass is 10.1. The molecule has 0 fully saturated rings. The quantitative estimate of drug-likeness (QED) is 0.158. The molecule has 2 aromatic rings. The Bertz CT molecular complexity index is 948. The number of nitrogens with two attached hydrogens (primary N) is 4. The number of aliphatic imine (C=N–C) groups is 4. The molecule has 188 valence electrons. The fourth-order valence-corrected chi connectivity index (χ4v) is 3.13. The van der Waals surface area contributed by atoms with Crippen molar-refractivity contribution in [2.75, 3.05) is 23.7 Å². The molecule has 35 heavy (non-hydrogen) atoms. The number of hydrogen-bond donors (Lipinski definition) is 6. The second-order valence-electron chi connectivity index (χ2n) is 7.51. The Morgan fingerprint density at radius 2 is 0.914 bits per heavy atom. The number of nitrogens with one attached hydrogen (secondary N) is 2. The Balaban J connectivity index is 1.57. The van der Waals surface area contributed by atoms with E-state index >= 15 is 0 Å². The van der Waals surface area contributed by atoms with E-state index in [0.29, 0.717) is 23.1 Å². The number of halogens is 2. The van der Waals surface area contributed by atoms with Crippen LogP contribution in [0.2, 0.25) is 10.0 Å². The molecule has 0 amide bonds. The lowest BCUT2D eigenvalue weighted by Crippen LogP contribution is -2.26. The van der Waals surface area contributed by atoms with Gasteiger partial charge in [0.25, 0.3) is 0 Å². The summed E-state index contributed by atoms with van der Waals surface area (Å²) in [4.78, 5) is 16.5. The minimum absolute atomic E-state index is 0.138. The minimum Gasteiger partial charge on any atom is -0.369 e. The maximum absolute atomic E-state index is 5.85. The van der Waals surface area contributed by atoms with E-state index in [1.807, 2.05) is 0 Å². The fourth-order valence-electron chi connectivity index (χ4n) is 2.88. The molecule has 0 aliphatic heterocycles. The lowest BCUT2D eigenvalue weighted by molar-refractivity contribution is 0.623. The zero-order valence-electron chi connectivity index (χ0n) is 19.4. The Kier molecular flexibility index (Phi) is 12.2. The number of nitrogens with zero attached hydrogens (tertiary/aromatic N) is 4. The molecule has 0 saturated carbocycles. The molecule has 10 nitrogen and oxygen atoms in total. The molecule has 12 heteroatoms. The summed E-state index contributed by atoms with van der Waals surface area (Å²) in [5, 5.41) is 7.14. The Morgan fingerprint density at radius 3 is 1.29 bits per heavy atom. The van der Waals surface area contributed by atoms with Crippen LogP contribution in [0.15, 0.2) is 68.5 Å². The predicted molar refractivity (Wildman–Crippen MR) is 149 cm³/mol. The molecule has 0 radical (unpaired) electrons. The molecule has 0 bridgehead atoms. The first-order valence-corrected chi connectivity index (χ1v) is 11.9. The Morgan fingerprint density at radius 1 is 0.571 bits per heavy atom. The lowest BCUT2D eigenvalue weighted by Gasteiger charge is -2.05. The van der Waals surface area contributed by atoms with Gasteiger partial charge >= 0.3 is 0 Å². The van der Waals surface area contributed by atoms with E-state index in [9.17, 15) is 0 Å². The molecular formula is C23H32Cl2N10. The van der Waals surface area contributed by atoms with E-state index in [2.05, 4.69) is 30.6 Å². The predicted octanol–water partition coefficient (Wildman–Crippen LogP) is 3.73. The van der Waals surface area contributed by atoms with Gasteiger partial charge in [-0.15, -0.1) is 0 Å². The summed E-state index contributed by atoms with van der Waals surface area (Å²) < 4.78 is 0. The van der Waals surface area contributed by atoms with Crippen LogP contribution in [0, 0.1) is 0 Å². The van der Waals surface area contributed by atoms with E-state index < -0.39 is 0 Å². The third-order valence-corrected chi connectivity index (χ3v) is 5.07. The molecular weight excluding hydrogens is 487 g/mol. The number of unbranched alkanes of at least 4 members (excludes halogenated alkanes) is 4. The van der Waals surface area contributed by atoms with Crippen LogP contribution in [0.5, 0.6) is 0 Å². The molecule has 0 atom stereocenters. The molecule has 2 aromatic carbocycles. The average Bonchev–Trinajstić information content (AvgIpc) is 2.80. The van der Waals surface area contributed by atoms with E-state index in [1.54, 1.807) is 48.5 Å². The van der Waals surface area contributed by atoms with Gasteiger partial charge in [-0.25, -0.2) is 0 Å². The summed E-state index contributed by atoms with van der Waals surface area (Å²) in [7, 11) is 0. The van der Waals surface area contributed by atoms with Crippen LogP contribution in [-0.4, -0.2) is 36.9 Å². The van der Waals surface area contributed by atoms with Crippen molar-refractivity contribution in [3.63, 3.8) is 0 Å². The fraction of sp³-hybridized carbons (Fsp3) is 0.304. The summed E-state index contributed by atoms with van der Waals surface area (Å²) in [5.41, 5.74) is 24.8. The van der Waals surface area contributed by atoms with Gasteiger partial charge < -0.3 is 33.6 Å². The van der Waals surface area contributed by atoms with Gasteiger partial charge in [0.2, 0.25) is 23.8 Å². The minimum atomic E-state index is 0.138. The third-order valence-electron chi connectivity index (χ3n) is 4.57. The van der Waals surface area contributed by atoms with E-state index in [4.69, 9.17) is 46.1 Å². The smallest absolute Gasteiger partial charge is 0.218 e. The first-order chi connectivity index (χ1) is 16.8. The number of benzene rings is 2. The monoisotopic (exact) mass is 518 g/mol. The molecule has 0 aliphatic carbocycles. The van der Waals surface area contributed by atoms with Crippen molar-refractivity contribution in [1.82, 2.24) is 0 Å². The van der Waals surface area contributed by atoms with E-state index in [0.717, 1.165) is 43.5 Å². The first-order valence-electron chi connectivity index (χ1n) is 11.1. The van der Waals surface area contributed by atoms with E-state index in [-0.39, 0.29) is 23.8 Å². The van der Waals surface area contributed by atoms with Crippen LogP contribution in [0.3, 0.4) is 0 Å². The topological polar surface area (TPSA) is 178 Å². The summed E-state index contributed by atoms with van der Waals surface area (Å²) in [6.45, 7) is 1.17. The van der Waals surface area contributed by atoms with E-state index in [1.165, 1.54) is 0 Å². The average molecular weight is 519 g/mol. The first kappa shape index (κ1) is 27.7. The largest absolute Gasteiger partial charge is 0.369 e. The van der Waals surface area contributed by atoms with Crippen molar-refractivity contribution in [2.24, 2.45) is 42.9 Å². The highest BCUT2D eigenvalue weighted by Crippen LogP contribution is 2.13. The summed E-state index contributed by atoms with van der Waals surface area (Å²) >= 11 is 11.7. The number of hydrogen-bond acceptors (Lipinski definition) is 2. The van der Waals surface area contributed by atoms with Crippen molar-refractivity contribution in [3.8, 4) is 0 Å². The highest BCUT2D eigenvalue weighted by atomic mass is 35.5. The van der Waals surface area contributed by atoms with Crippen molar-refractivity contribution in [1.29, 1.82) is 0 Å². The van der Waals surface area contributed by atoms with Crippen LogP contribution in [0.25, 0.3) is 0 Å². The van der Waals surface area contributed by atoms with Crippen molar-refractivity contribution in [2.45, 2.75) is 32.1 Å². The molecule has 0 saturated heterocycles. The molecule has 0 spiro atoms. The van der Waals surface area contributed by atoms with Crippen molar-refractivity contribution < 1.29 is 0 Å². The second-order valence-corrected chi connectivity index (χ2v) is 8.38. The van der Waals surface area contributed by atoms with Crippen LogP contribution < -0.4 is 33.6 Å². The standard InChI is InChI=1S/C23H32Cl2N10/c24-16-6-10-18(11-7-16)32-22(28)34-20(26)30-14-4-2-1-3-5-15-31-21(27)35-23(29)33-19-12-8-17(25)9-13-19/h6-13H,1-5,14-15H2,(H5,26,28,30,32,34)(H5,27,29,31,33,35). The summed E-state index contributed by atoms with van der Waals surface area (Å²) in [5.74, 6) is 0.610. The zero-order valence-corrected chi connectivity index (χ0v) is 20.9. The molecule has 0 aliphatic rings. The van der Waals surface area contributed by atoms with Gasteiger partial charge in [-0.3, -0.25) is 9.98 Å². The van der Waals surface area contributed by atoms with Crippen LogP contribution >= 0.6 is 23.2 Å².